The molecule has 1 atom stereocenters. The summed E-state index contributed by atoms with van der Waals surface area (Å²) in [6, 6.07) is 0. The van der Waals surface area contributed by atoms with Crippen molar-refractivity contribution in [2.45, 2.75) is 32.8 Å². The monoisotopic (exact) mass is 312 g/mol. The van der Waals surface area contributed by atoms with Crippen LogP contribution in [0.5, 0.6) is 0 Å². The molecule has 1 fully saturated rings. The molecule has 118 valence electrons. The molecule has 1 aromatic rings. The van der Waals surface area contributed by atoms with Crippen LogP contribution >= 0.6 is 11.3 Å². The van der Waals surface area contributed by atoms with Crippen molar-refractivity contribution in [1.82, 2.24) is 9.88 Å². The van der Waals surface area contributed by atoms with Gasteiger partial charge in [0, 0.05) is 33.3 Å². The number of nitrogens with two attached hydrogens (primary N) is 1. The molecule has 1 amide bonds. The Balaban J connectivity index is 2.15. The largest absolute Gasteiger partial charge is 0.382 e. The Hall–Kier alpha value is -1.34. The Morgan fingerprint density at radius 2 is 2.24 bits per heavy atom. The first-order chi connectivity index (χ1) is 10.1. The summed E-state index contributed by atoms with van der Waals surface area (Å²) in [5.41, 5.74) is 5.96. The maximum Gasteiger partial charge on any atom is 0.267 e. The third kappa shape index (κ3) is 3.47. The fourth-order valence-electron chi connectivity index (χ4n) is 2.56. The van der Waals surface area contributed by atoms with Gasteiger partial charge in [-0.25, -0.2) is 4.98 Å². The van der Waals surface area contributed by atoms with E-state index in [9.17, 15) is 4.79 Å². The minimum absolute atomic E-state index is 0.0230. The predicted octanol–water partition coefficient (Wildman–Crippen LogP) is 1.82. The average molecular weight is 312 g/mol. The van der Waals surface area contributed by atoms with Crippen molar-refractivity contribution in [3.8, 4) is 0 Å². The van der Waals surface area contributed by atoms with Crippen molar-refractivity contribution in [2.75, 3.05) is 43.9 Å². The van der Waals surface area contributed by atoms with E-state index in [-0.39, 0.29) is 12.0 Å². The number of hydrogen-bond donors (Lipinski definition) is 1. The first-order valence-corrected chi connectivity index (χ1v) is 8.25. The molecular formula is C14H24N4O2S. The Kier molecular flexibility index (Phi) is 5.41. The number of carbonyl (C=O) groups is 1. The van der Waals surface area contributed by atoms with Gasteiger partial charge in [0.05, 0.1) is 6.10 Å². The van der Waals surface area contributed by atoms with Gasteiger partial charge in [-0.2, -0.15) is 0 Å². The van der Waals surface area contributed by atoms with E-state index in [0.29, 0.717) is 17.2 Å². The Morgan fingerprint density at radius 1 is 1.52 bits per heavy atom. The minimum atomic E-state index is -0.0230. The lowest BCUT2D eigenvalue weighted by Crippen LogP contribution is -2.42. The Bertz CT molecular complexity index is 487. The van der Waals surface area contributed by atoms with E-state index >= 15 is 0 Å². The zero-order valence-electron chi connectivity index (χ0n) is 13.0. The number of hydrogen-bond acceptors (Lipinski definition) is 6. The van der Waals surface area contributed by atoms with Crippen LogP contribution in [0, 0.1) is 0 Å². The molecule has 6 nitrogen and oxygen atoms in total. The average Bonchev–Trinajstić information content (AvgIpc) is 2.89. The number of nitrogens with zero attached hydrogens (tertiary/aromatic N) is 3. The van der Waals surface area contributed by atoms with Crippen molar-refractivity contribution in [3.05, 3.63) is 4.88 Å². The summed E-state index contributed by atoms with van der Waals surface area (Å²) in [5.74, 6) is 0.316. The van der Waals surface area contributed by atoms with Crippen LogP contribution in [-0.4, -0.2) is 55.2 Å². The van der Waals surface area contributed by atoms with E-state index in [4.69, 9.17) is 10.5 Å². The molecule has 1 aliphatic heterocycles. The molecule has 2 N–H and O–H groups in total. The first-order valence-electron chi connectivity index (χ1n) is 7.44. The van der Waals surface area contributed by atoms with Gasteiger partial charge in [-0.15, -0.1) is 0 Å². The number of nitrogen functional groups attached to an aromatic ring is 1. The number of likely N-dealkylation sites (tertiary alicyclic amines) is 1. The summed E-state index contributed by atoms with van der Waals surface area (Å²) in [6.45, 7) is 7.23. The van der Waals surface area contributed by atoms with E-state index in [0.717, 1.165) is 37.6 Å². The van der Waals surface area contributed by atoms with Gasteiger partial charge in [0.1, 0.15) is 10.7 Å². The number of ether oxygens (including phenoxy) is 1. The van der Waals surface area contributed by atoms with Crippen LogP contribution in [0.2, 0.25) is 0 Å². The standard InChI is InChI=1S/C14H24N4O2S/c1-4-17(5-2)14-16-12(15)11(21-14)13(19)18-8-6-7-10(9-18)20-3/h10H,4-9,15H2,1-3H3. The van der Waals surface area contributed by atoms with Crippen LogP contribution < -0.4 is 10.6 Å². The van der Waals surface area contributed by atoms with Crippen molar-refractivity contribution in [1.29, 1.82) is 0 Å². The summed E-state index contributed by atoms with van der Waals surface area (Å²) < 4.78 is 5.37. The highest BCUT2D eigenvalue weighted by Gasteiger charge is 2.28. The highest BCUT2D eigenvalue weighted by Crippen LogP contribution is 2.30. The number of thiazole rings is 1. The number of piperidine rings is 1. The molecule has 1 saturated heterocycles. The van der Waals surface area contributed by atoms with Crippen LogP contribution in [0.1, 0.15) is 36.4 Å². The number of anilines is 2. The van der Waals surface area contributed by atoms with Gasteiger partial charge in [0.25, 0.3) is 5.91 Å². The van der Waals surface area contributed by atoms with E-state index in [1.165, 1.54) is 11.3 Å². The van der Waals surface area contributed by atoms with Gasteiger partial charge in [-0.3, -0.25) is 4.79 Å². The van der Waals surface area contributed by atoms with Crippen molar-refractivity contribution in [3.63, 3.8) is 0 Å². The topological polar surface area (TPSA) is 71.7 Å². The van der Waals surface area contributed by atoms with Gasteiger partial charge in [-0.1, -0.05) is 11.3 Å². The van der Waals surface area contributed by atoms with Crippen LogP contribution in [0.4, 0.5) is 10.9 Å². The van der Waals surface area contributed by atoms with Crippen LogP contribution in [0.3, 0.4) is 0 Å². The van der Waals surface area contributed by atoms with Crippen LogP contribution in [0.15, 0.2) is 0 Å². The van der Waals surface area contributed by atoms with E-state index in [1.807, 2.05) is 4.90 Å². The Morgan fingerprint density at radius 3 is 2.86 bits per heavy atom. The molecule has 2 rings (SSSR count). The van der Waals surface area contributed by atoms with Crippen molar-refractivity contribution >= 4 is 28.2 Å². The number of aromatic nitrogens is 1. The summed E-state index contributed by atoms with van der Waals surface area (Å²) in [7, 11) is 1.69. The fraction of sp³-hybridized carbons (Fsp3) is 0.714. The maximum atomic E-state index is 12.6. The molecule has 0 aromatic carbocycles. The van der Waals surface area contributed by atoms with E-state index in [1.54, 1.807) is 7.11 Å². The Labute approximate surface area is 129 Å². The van der Waals surface area contributed by atoms with Gasteiger partial charge < -0.3 is 20.3 Å². The lowest BCUT2D eigenvalue weighted by molar-refractivity contribution is 0.0272. The molecule has 1 unspecified atom stereocenters. The molecule has 21 heavy (non-hydrogen) atoms. The molecule has 1 aliphatic rings. The smallest absolute Gasteiger partial charge is 0.267 e. The second-order valence-electron chi connectivity index (χ2n) is 5.13. The fourth-order valence-corrected chi connectivity index (χ4v) is 3.64. The molecule has 2 heterocycles. The van der Waals surface area contributed by atoms with Gasteiger partial charge in [0.2, 0.25) is 0 Å². The van der Waals surface area contributed by atoms with Crippen LogP contribution in [-0.2, 0) is 4.74 Å². The summed E-state index contributed by atoms with van der Waals surface area (Å²) >= 11 is 1.39. The summed E-state index contributed by atoms with van der Waals surface area (Å²) in [4.78, 5) is 21.5. The number of methoxy groups -OCH3 is 1. The quantitative estimate of drug-likeness (QED) is 0.898. The minimum Gasteiger partial charge on any atom is -0.382 e. The highest BCUT2D eigenvalue weighted by molar-refractivity contribution is 7.18. The lowest BCUT2D eigenvalue weighted by atomic mass is 10.1. The third-order valence-corrected chi connectivity index (χ3v) is 4.99. The SMILES string of the molecule is CCN(CC)c1nc(N)c(C(=O)N2CCCC(OC)C2)s1. The van der Waals surface area contributed by atoms with E-state index in [2.05, 4.69) is 23.7 Å². The predicted molar refractivity (Wildman–Crippen MR) is 86.0 cm³/mol. The first kappa shape index (κ1) is 16.0. The second-order valence-corrected chi connectivity index (χ2v) is 6.11. The molecular weight excluding hydrogens is 288 g/mol. The molecule has 0 aliphatic carbocycles. The molecule has 0 bridgehead atoms. The zero-order valence-corrected chi connectivity index (χ0v) is 13.8. The van der Waals surface area contributed by atoms with Crippen LogP contribution in [0.25, 0.3) is 0 Å². The second kappa shape index (κ2) is 7.09. The maximum absolute atomic E-state index is 12.6. The zero-order chi connectivity index (χ0) is 15.4. The molecule has 0 spiro atoms. The molecule has 0 saturated carbocycles. The molecule has 1 aromatic heterocycles. The summed E-state index contributed by atoms with van der Waals surface area (Å²) in [5, 5.41) is 0.821. The number of rotatable bonds is 5. The third-order valence-electron chi connectivity index (χ3n) is 3.87. The summed E-state index contributed by atoms with van der Waals surface area (Å²) in [6.07, 6.45) is 2.09. The van der Waals surface area contributed by atoms with Gasteiger partial charge in [-0.05, 0) is 26.7 Å². The van der Waals surface area contributed by atoms with Crippen molar-refractivity contribution < 1.29 is 9.53 Å². The molecule has 0 radical (unpaired) electrons. The molecule has 7 heteroatoms. The number of amides is 1. The lowest BCUT2D eigenvalue weighted by Gasteiger charge is -2.31. The van der Waals surface area contributed by atoms with Gasteiger partial charge in [0.15, 0.2) is 5.13 Å². The number of carbonyl (C=O) groups excluding carboxylic acids is 1. The highest BCUT2D eigenvalue weighted by atomic mass is 32.1. The van der Waals surface area contributed by atoms with Gasteiger partial charge >= 0.3 is 0 Å². The van der Waals surface area contributed by atoms with E-state index < -0.39 is 0 Å². The van der Waals surface area contributed by atoms with Crippen molar-refractivity contribution in [2.24, 2.45) is 0 Å². The normalized spacial score (nSPS) is 18.8.